The Morgan fingerprint density at radius 2 is 2.22 bits per heavy atom. The number of carbonyl (C=O) groups is 1. The normalized spacial score (nSPS) is 15.6. The van der Waals surface area contributed by atoms with Crippen molar-refractivity contribution in [2.45, 2.75) is 32.1 Å². The third-order valence-electron chi connectivity index (χ3n) is 4.04. The summed E-state index contributed by atoms with van der Waals surface area (Å²) in [4.78, 5) is 16.0. The lowest BCUT2D eigenvalue weighted by molar-refractivity contribution is -0.113. The number of nitrogens with zero attached hydrogens (tertiary/aromatic N) is 1. The second-order valence-corrected chi connectivity index (χ2v) is 5.80. The number of hydrogen-bond acceptors (Lipinski definition) is 4. The van der Waals surface area contributed by atoms with Crippen molar-refractivity contribution in [1.82, 2.24) is 4.98 Å². The molecule has 2 N–H and O–H groups in total. The predicted molar refractivity (Wildman–Crippen MR) is 91.3 cm³/mol. The highest BCUT2D eigenvalue weighted by Crippen LogP contribution is 2.27. The molecule has 1 fully saturated rings. The minimum Gasteiger partial charge on any atom is -0.481 e. The van der Waals surface area contributed by atoms with Gasteiger partial charge < -0.3 is 15.2 Å². The molecule has 0 aliphatic heterocycles. The van der Waals surface area contributed by atoms with E-state index in [1.54, 1.807) is 7.11 Å². The van der Waals surface area contributed by atoms with E-state index in [9.17, 15) is 4.79 Å². The number of carbonyl (C=O) groups excluding carboxylic acids is 1. The van der Waals surface area contributed by atoms with E-state index in [1.165, 1.54) is 38.3 Å². The topological polar surface area (TPSA) is 71.5 Å². The molecule has 2 rings (SSSR count). The number of aromatic nitrogens is 1. The molecule has 0 atom stereocenters. The summed E-state index contributed by atoms with van der Waals surface area (Å²) >= 11 is 0. The second kappa shape index (κ2) is 8.48. The minimum absolute atomic E-state index is 0.111. The molecule has 0 spiro atoms. The largest absolute Gasteiger partial charge is 0.481 e. The second-order valence-electron chi connectivity index (χ2n) is 5.80. The minimum atomic E-state index is -0.415. The number of amides is 1. The van der Waals surface area contributed by atoms with Gasteiger partial charge in [0.1, 0.15) is 0 Å². The zero-order valence-corrected chi connectivity index (χ0v) is 13.5. The van der Waals surface area contributed by atoms with Crippen molar-refractivity contribution >= 4 is 17.7 Å². The van der Waals surface area contributed by atoms with Gasteiger partial charge in [0, 0.05) is 11.1 Å². The Labute approximate surface area is 137 Å². The van der Waals surface area contributed by atoms with Crippen molar-refractivity contribution in [1.29, 1.82) is 0 Å². The highest BCUT2D eigenvalue weighted by Gasteiger charge is 2.12. The van der Waals surface area contributed by atoms with Crippen LogP contribution in [0.5, 0.6) is 5.88 Å². The first kappa shape index (κ1) is 17.2. The lowest BCUT2D eigenvalue weighted by Gasteiger charge is -2.17. The molecule has 0 unspecified atom stereocenters. The summed E-state index contributed by atoms with van der Waals surface area (Å²) in [6.45, 7) is 3.13. The number of aliphatic hydroxyl groups is 1. The Morgan fingerprint density at radius 3 is 2.87 bits per heavy atom. The first-order valence-corrected chi connectivity index (χ1v) is 7.96. The molecule has 0 aromatic carbocycles. The molecule has 23 heavy (non-hydrogen) atoms. The van der Waals surface area contributed by atoms with Gasteiger partial charge in [0.05, 0.1) is 25.6 Å². The Kier molecular flexibility index (Phi) is 6.35. The quantitative estimate of drug-likeness (QED) is 0.791. The van der Waals surface area contributed by atoms with Crippen molar-refractivity contribution in [3.63, 3.8) is 0 Å². The van der Waals surface area contributed by atoms with Gasteiger partial charge in [-0.05, 0) is 24.8 Å². The van der Waals surface area contributed by atoms with Crippen LogP contribution in [0.25, 0.3) is 6.08 Å². The van der Waals surface area contributed by atoms with Gasteiger partial charge in [0.2, 0.25) is 5.88 Å². The maximum absolute atomic E-state index is 11.8. The third kappa shape index (κ3) is 4.93. The molecular weight excluding hydrogens is 292 g/mol. The van der Waals surface area contributed by atoms with Crippen molar-refractivity contribution in [3.8, 4) is 5.88 Å². The maximum atomic E-state index is 11.8. The first-order chi connectivity index (χ1) is 11.1. The van der Waals surface area contributed by atoms with Crippen LogP contribution in [0.4, 0.5) is 5.69 Å². The van der Waals surface area contributed by atoms with Crippen LogP contribution in [0.3, 0.4) is 0 Å². The molecule has 1 saturated carbocycles. The highest BCUT2D eigenvalue weighted by atomic mass is 16.5. The number of rotatable bonds is 6. The fraction of sp³-hybridized carbons (Fsp3) is 0.444. The van der Waals surface area contributed by atoms with Gasteiger partial charge in [0.25, 0.3) is 5.91 Å². The molecule has 124 valence electrons. The Hall–Kier alpha value is -2.14. The lowest BCUT2D eigenvalue weighted by Crippen LogP contribution is -2.16. The van der Waals surface area contributed by atoms with Gasteiger partial charge in [0.15, 0.2) is 0 Å². The van der Waals surface area contributed by atoms with Gasteiger partial charge in [-0.15, -0.1) is 0 Å². The molecule has 1 aliphatic carbocycles. The fourth-order valence-corrected chi connectivity index (χ4v) is 2.69. The summed E-state index contributed by atoms with van der Waals surface area (Å²) in [5, 5.41) is 11.6. The summed E-state index contributed by atoms with van der Waals surface area (Å²) in [6, 6.07) is 1.81. The number of anilines is 1. The lowest BCUT2D eigenvalue weighted by atomic mass is 9.89. The number of pyridine rings is 1. The summed E-state index contributed by atoms with van der Waals surface area (Å²) < 4.78 is 5.28. The Bertz CT molecular complexity index is 590. The number of hydrogen-bond donors (Lipinski definition) is 2. The molecule has 1 amide bonds. The van der Waals surface area contributed by atoms with Crippen LogP contribution in [0, 0.1) is 5.92 Å². The van der Waals surface area contributed by atoms with E-state index in [0.717, 1.165) is 5.56 Å². The standard InChI is InChI=1S/C18H24N2O3/c1-13(12-21)17(22)20-16-10-15(18(23-2)19-11-16)9-8-14-6-4-3-5-7-14/h8-11,14,21H,1,3-7,12H2,2H3,(H,20,22)/b9-8+. The van der Waals surface area contributed by atoms with E-state index < -0.39 is 5.91 Å². The molecular formula is C18H24N2O3. The summed E-state index contributed by atoms with van der Waals surface area (Å²) in [5.41, 5.74) is 1.49. The maximum Gasteiger partial charge on any atom is 0.253 e. The zero-order valence-electron chi connectivity index (χ0n) is 13.5. The van der Waals surface area contributed by atoms with Crippen molar-refractivity contribution in [2.75, 3.05) is 19.0 Å². The van der Waals surface area contributed by atoms with Crippen LogP contribution < -0.4 is 10.1 Å². The summed E-state index contributed by atoms with van der Waals surface area (Å²) in [5.74, 6) is 0.707. The van der Waals surface area contributed by atoms with Crippen LogP contribution in [0.1, 0.15) is 37.7 Å². The van der Waals surface area contributed by atoms with E-state index in [4.69, 9.17) is 9.84 Å². The van der Waals surface area contributed by atoms with Gasteiger partial charge in [-0.2, -0.15) is 0 Å². The van der Waals surface area contributed by atoms with Gasteiger partial charge in [-0.3, -0.25) is 4.79 Å². The molecule has 1 heterocycles. The molecule has 0 saturated heterocycles. The van der Waals surface area contributed by atoms with E-state index in [1.807, 2.05) is 12.1 Å². The summed E-state index contributed by atoms with van der Waals surface area (Å²) in [6.07, 6.45) is 12.1. The van der Waals surface area contributed by atoms with E-state index in [0.29, 0.717) is 17.5 Å². The molecule has 1 aromatic rings. The van der Waals surface area contributed by atoms with Crippen molar-refractivity contribution in [3.05, 3.63) is 36.1 Å². The number of methoxy groups -OCH3 is 1. The van der Waals surface area contributed by atoms with Gasteiger partial charge in [-0.25, -0.2) is 4.98 Å². The van der Waals surface area contributed by atoms with Gasteiger partial charge in [-0.1, -0.05) is 38.0 Å². The zero-order chi connectivity index (χ0) is 16.7. The van der Waals surface area contributed by atoms with Crippen molar-refractivity contribution in [2.24, 2.45) is 5.92 Å². The van der Waals surface area contributed by atoms with Crippen LogP contribution in [-0.4, -0.2) is 29.7 Å². The molecule has 5 heteroatoms. The molecule has 0 bridgehead atoms. The number of nitrogens with one attached hydrogen (secondary N) is 1. The van der Waals surface area contributed by atoms with Gasteiger partial charge >= 0.3 is 0 Å². The number of aliphatic hydroxyl groups excluding tert-OH is 1. The van der Waals surface area contributed by atoms with E-state index in [-0.39, 0.29) is 12.2 Å². The molecule has 5 nitrogen and oxygen atoms in total. The molecule has 1 aliphatic rings. The summed E-state index contributed by atoms with van der Waals surface area (Å²) in [7, 11) is 1.58. The average Bonchev–Trinajstić information content (AvgIpc) is 2.60. The molecule has 0 radical (unpaired) electrons. The van der Waals surface area contributed by atoms with Crippen LogP contribution in [0.2, 0.25) is 0 Å². The SMILES string of the molecule is C=C(CO)C(=O)Nc1cnc(OC)c(/C=C/C2CCCCC2)c1. The van der Waals surface area contributed by atoms with Crippen LogP contribution in [-0.2, 0) is 4.79 Å². The van der Waals surface area contributed by atoms with Crippen molar-refractivity contribution < 1.29 is 14.6 Å². The Morgan fingerprint density at radius 1 is 1.48 bits per heavy atom. The van der Waals surface area contributed by atoms with Crippen LogP contribution in [0.15, 0.2) is 30.5 Å². The average molecular weight is 316 g/mol. The van der Waals surface area contributed by atoms with E-state index >= 15 is 0 Å². The molecule has 1 aromatic heterocycles. The smallest absolute Gasteiger partial charge is 0.253 e. The Balaban J connectivity index is 2.13. The van der Waals surface area contributed by atoms with Crippen LogP contribution >= 0.6 is 0 Å². The predicted octanol–water partition coefficient (Wildman–Crippen LogP) is 3.17. The third-order valence-corrected chi connectivity index (χ3v) is 4.04. The van der Waals surface area contributed by atoms with E-state index in [2.05, 4.69) is 23.0 Å². The fourth-order valence-electron chi connectivity index (χ4n) is 2.69. The first-order valence-electron chi connectivity index (χ1n) is 7.96. The highest BCUT2D eigenvalue weighted by molar-refractivity contribution is 6.03. The monoisotopic (exact) mass is 316 g/mol. The number of allylic oxidation sites excluding steroid dienone is 1. The number of ether oxygens (including phenoxy) is 1.